The fourth-order valence-corrected chi connectivity index (χ4v) is 2.36. The van der Waals surface area contributed by atoms with Gasteiger partial charge in [0.25, 0.3) is 0 Å². The summed E-state index contributed by atoms with van der Waals surface area (Å²) in [6.45, 7) is 0. The SMILES string of the molecule is COc1cccc(C(C#N)NC(=O)CCc2ccncc2)c1OC. The first-order chi connectivity index (χ1) is 11.7. The highest BCUT2D eigenvalue weighted by Gasteiger charge is 2.20. The molecule has 0 saturated carbocycles. The number of nitrogens with one attached hydrogen (secondary N) is 1. The number of carbonyl (C=O) groups is 1. The molecule has 1 amide bonds. The van der Waals surface area contributed by atoms with E-state index in [1.165, 1.54) is 14.2 Å². The van der Waals surface area contributed by atoms with Crippen LogP contribution in [0.1, 0.15) is 23.6 Å². The summed E-state index contributed by atoms with van der Waals surface area (Å²) in [5.74, 6) is 0.755. The Bertz CT molecular complexity index is 726. The number of hydrogen-bond donors (Lipinski definition) is 1. The van der Waals surface area contributed by atoms with Gasteiger partial charge in [0.1, 0.15) is 6.04 Å². The number of pyridine rings is 1. The molecule has 0 radical (unpaired) electrons. The number of hydrogen-bond acceptors (Lipinski definition) is 5. The van der Waals surface area contributed by atoms with E-state index < -0.39 is 6.04 Å². The smallest absolute Gasteiger partial charge is 0.221 e. The molecule has 1 aromatic carbocycles. The summed E-state index contributed by atoms with van der Waals surface area (Å²) < 4.78 is 10.6. The van der Waals surface area contributed by atoms with Crippen LogP contribution >= 0.6 is 0 Å². The van der Waals surface area contributed by atoms with E-state index in [1.54, 1.807) is 30.6 Å². The van der Waals surface area contributed by atoms with E-state index in [0.717, 1.165) is 5.56 Å². The molecule has 1 heterocycles. The highest BCUT2D eigenvalue weighted by atomic mass is 16.5. The number of benzene rings is 1. The quantitative estimate of drug-likeness (QED) is 0.845. The monoisotopic (exact) mass is 325 g/mol. The van der Waals surface area contributed by atoms with Crippen molar-refractivity contribution in [1.29, 1.82) is 5.26 Å². The largest absolute Gasteiger partial charge is 0.493 e. The van der Waals surface area contributed by atoms with Gasteiger partial charge in [0.05, 0.1) is 20.3 Å². The van der Waals surface area contributed by atoms with Crippen LogP contribution in [0.25, 0.3) is 0 Å². The van der Waals surface area contributed by atoms with Crippen LogP contribution in [0.15, 0.2) is 42.7 Å². The maximum absolute atomic E-state index is 12.2. The number of aromatic nitrogens is 1. The zero-order valence-electron chi connectivity index (χ0n) is 13.7. The van der Waals surface area contributed by atoms with Crippen LogP contribution in [0.4, 0.5) is 0 Å². The first-order valence-electron chi connectivity index (χ1n) is 7.48. The van der Waals surface area contributed by atoms with Crippen molar-refractivity contribution in [3.8, 4) is 17.6 Å². The van der Waals surface area contributed by atoms with Gasteiger partial charge in [-0.3, -0.25) is 9.78 Å². The standard InChI is InChI=1S/C18H19N3O3/c1-23-16-5-3-4-14(18(16)24-2)15(12-19)21-17(22)7-6-13-8-10-20-11-9-13/h3-5,8-11,15H,6-7H2,1-2H3,(H,21,22). The van der Waals surface area contributed by atoms with Crippen LogP contribution < -0.4 is 14.8 Å². The van der Waals surface area contributed by atoms with Gasteiger partial charge in [-0.25, -0.2) is 0 Å². The van der Waals surface area contributed by atoms with Gasteiger partial charge < -0.3 is 14.8 Å². The third-order valence-electron chi connectivity index (χ3n) is 3.57. The minimum atomic E-state index is -0.806. The van der Waals surface area contributed by atoms with E-state index in [-0.39, 0.29) is 12.3 Å². The van der Waals surface area contributed by atoms with Crippen LogP contribution in [0.3, 0.4) is 0 Å². The van der Waals surface area contributed by atoms with Gasteiger partial charge in [0.2, 0.25) is 5.91 Å². The third kappa shape index (κ3) is 4.23. The zero-order chi connectivity index (χ0) is 17.4. The van der Waals surface area contributed by atoms with Crippen LogP contribution in [0.2, 0.25) is 0 Å². The number of ether oxygens (including phenoxy) is 2. The fraction of sp³-hybridized carbons (Fsp3) is 0.278. The molecule has 2 rings (SSSR count). The van der Waals surface area contributed by atoms with Crippen LogP contribution in [0.5, 0.6) is 11.5 Å². The summed E-state index contributed by atoms with van der Waals surface area (Å²) in [7, 11) is 3.03. The topological polar surface area (TPSA) is 84.2 Å². The Morgan fingerprint density at radius 3 is 2.62 bits per heavy atom. The van der Waals surface area contributed by atoms with Crippen molar-refractivity contribution in [2.75, 3.05) is 14.2 Å². The number of amides is 1. The van der Waals surface area contributed by atoms with E-state index in [9.17, 15) is 10.1 Å². The minimum Gasteiger partial charge on any atom is -0.493 e. The molecular formula is C18H19N3O3. The van der Waals surface area contributed by atoms with Gasteiger partial charge in [-0.1, -0.05) is 12.1 Å². The third-order valence-corrected chi connectivity index (χ3v) is 3.57. The van der Waals surface area contributed by atoms with Gasteiger partial charge in [-0.2, -0.15) is 5.26 Å². The number of rotatable bonds is 7. The molecule has 6 nitrogen and oxygen atoms in total. The van der Waals surface area contributed by atoms with E-state index in [4.69, 9.17) is 9.47 Å². The minimum absolute atomic E-state index is 0.205. The van der Waals surface area contributed by atoms with Crippen molar-refractivity contribution in [3.63, 3.8) is 0 Å². The summed E-state index contributed by atoms with van der Waals surface area (Å²) in [6, 6.07) is 10.2. The molecule has 1 atom stereocenters. The molecule has 0 fully saturated rings. The van der Waals surface area contributed by atoms with Gasteiger partial charge in [-0.15, -0.1) is 0 Å². The first-order valence-corrected chi connectivity index (χ1v) is 7.48. The molecular weight excluding hydrogens is 306 g/mol. The highest BCUT2D eigenvalue weighted by Crippen LogP contribution is 2.34. The first kappa shape index (κ1) is 17.3. The molecule has 1 unspecified atom stereocenters. The second kappa shape index (κ2) is 8.53. The lowest BCUT2D eigenvalue weighted by atomic mass is 10.1. The number of carbonyl (C=O) groups excluding carboxylic acids is 1. The van der Waals surface area contributed by atoms with Crippen molar-refractivity contribution in [2.24, 2.45) is 0 Å². The van der Waals surface area contributed by atoms with Crippen LogP contribution in [-0.2, 0) is 11.2 Å². The number of methoxy groups -OCH3 is 2. The van der Waals surface area contributed by atoms with Crippen molar-refractivity contribution in [1.82, 2.24) is 10.3 Å². The predicted octanol–water partition coefficient (Wildman–Crippen LogP) is 2.41. The molecule has 2 aromatic rings. The number of nitriles is 1. The molecule has 0 aliphatic rings. The molecule has 124 valence electrons. The van der Waals surface area contributed by atoms with E-state index >= 15 is 0 Å². The second-order valence-corrected chi connectivity index (χ2v) is 5.07. The molecule has 0 saturated heterocycles. The van der Waals surface area contributed by atoms with Gasteiger partial charge in [0.15, 0.2) is 11.5 Å². The molecule has 6 heteroatoms. The summed E-state index contributed by atoms with van der Waals surface area (Å²) in [4.78, 5) is 16.1. The fourth-order valence-electron chi connectivity index (χ4n) is 2.36. The Morgan fingerprint density at radius 2 is 2.00 bits per heavy atom. The molecule has 24 heavy (non-hydrogen) atoms. The molecule has 0 bridgehead atoms. The number of aryl methyl sites for hydroxylation is 1. The summed E-state index contributed by atoms with van der Waals surface area (Å²) in [6.07, 6.45) is 4.25. The van der Waals surface area contributed by atoms with Crippen molar-refractivity contribution < 1.29 is 14.3 Å². The highest BCUT2D eigenvalue weighted by molar-refractivity contribution is 5.77. The Balaban J connectivity index is 2.07. The summed E-state index contributed by atoms with van der Waals surface area (Å²) >= 11 is 0. The number of nitrogens with zero attached hydrogens (tertiary/aromatic N) is 2. The Morgan fingerprint density at radius 1 is 1.25 bits per heavy atom. The predicted molar refractivity (Wildman–Crippen MR) is 88.6 cm³/mol. The van der Waals surface area contributed by atoms with Crippen LogP contribution in [0, 0.1) is 11.3 Å². The van der Waals surface area contributed by atoms with Crippen molar-refractivity contribution in [2.45, 2.75) is 18.9 Å². The van der Waals surface area contributed by atoms with Gasteiger partial charge in [0, 0.05) is 24.4 Å². The molecule has 0 aliphatic heterocycles. The van der Waals surface area contributed by atoms with E-state index in [2.05, 4.69) is 16.4 Å². The molecule has 0 aliphatic carbocycles. The average Bonchev–Trinajstić information content (AvgIpc) is 2.64. The maximum atomic E-state index is 12.2. The van der Waals surface area contributed by atoms with E-state index in [1.807, 2.05) is 12.1 Å². The van der Waals surface area contributed by atoms with Crippen LogP contribution in [-0.4, -0.2) is 25.1 Å². The Hall–Kier alpha value is -3.07. The molecule has 1 N–H and O–H groups in total. The molecule has 0 spiro atoms. The van der Waals surface area contributed by atoms with E-state index in [0.29, 0.717) is 23.5 Å². The zero-order valence-corrected chi connectivity index (χ0v) is 13.7. The lowest BCUT2D eigenvalue weighted by Gasteiger charge is -2.17. The number of para-hydroxylation sites is 1. The second-order valence-electron chi connectivity index (χ2n) is 5.07. The van der Waals surface area contributed by atoms with Gasteiger partial charge >= 0.3 is 0 Å². The average molecular weight is 325 g/mol. The van der Waals surface area contributed by atoms with Crippen molar-refractivity contribution in [3.05, 3.63) is 53.9 Å². The summed E-state index contributed by atoms with van der Waals surface area (Å²) in [5, 5.41) is 12.2. The Labute approximate surface area is 141 Å². The lowest BCUT2D eigenvalue weighted by Crippen LogP contribution is -2.28. The summed E-state index contributed by atoms with van der Waals surface area (Å²) in [5.41, 5.74) is 1.59. The Kier molecular flexibility index (Phi) is 6.15. The van der Waals surface area contributed by atoms with Crippen molar-refractivity contribution >= 4 is 5.91 Å². The maximum Gasteiger partial charge on any atom is 0.221 e. The lowest BCUT2D eigenvalue weighted by molar-refractivity contribution is -0.121. The van der Waals surface area contributed by atoms with Gasteiger partial charge in [-0.05, 0) is 30.2 Å². The normalized spacial score (nSPS) is 11.2. The molecule has 1 aromatic heterocycles.